The highest BCUT2D eigenvalue weighted by atomic mass is 16.5. The highest BCUT2D eigenvalue weighted by Gasteiger charge is 2.24. The van der Waals surface area contributed by atoms with E-state index >= 15 is 0 Å². The SMILES string of the molecule is CC1CCC(=CC(=O)NCC(C(C)C)N2CCOCC2)C1. The number of hydrogen-bond acceptors (Lipinski definition) is 3. The number of nitrogens with one attached hydrogen (secondary N) is 1. The Hall–Kier alpha value is -0.870. The second kappa shape index (κ2) is 7.95. The van der Waals surface area contributed by atoms with Crippen molar-refractivity contribution in [1.82, 2.24) is 10.2 Å². The molecule has 0 aromatic carbocycles. The summed E-state index contributed by atoms with van der Waals surface area (Å²) in [5.74, 6) is 1.35. The summed E-state index contributed by atoms with van der Waals surface area (Å²) in [7, 11) is 0. The Balaban J connectivity index is 1.82. The van der Waals surface area contributed by atoms with Gasteiger partial charge in [0.05, 0.1) is 13.2 Å². The van der Waals surface area contributed by atoms with Gasteiger partial charge in [-0.05, 0) is 31.1 Å². The molecular weight excluding hydrogens is 264 g/mol. The molecular formula is C17H30N2O2. The average molecular weight is 294 g/mol. The van der Waals surface area contributed by atoms with Crippen LogP contribution in [-0.2, 0) is 9.53 Å². The second-order valence-electron chi connectivity index (χ2n) is 6.86. The first-order valence-corrected chi connectivity index (χ1v) is 8.35. The third-order valence-corrected chi connectivity index (χ3v) is 4.67. The van der Waals surface area contributed by atoms with Gasteiger partial charge in [-0.1, -0.05) is 26.3 Å². The van der Waals surface area contributed by atoms with Crippen molar-refractivity contribution in [2.75, 3.05) is 32.8 Å². The number of rotatable bonds is 5. The minimum absolute atomic E-state index is 0.0815. The van der Waals surface area contributed by atoms with Crippen molar-refractivity contribution in [2.45, 2.75) is 46.1 Å². The minimum atomic E-state index is 0.0815. The lowest BCUT2D eigenvalue weighted by Crippen LogP contribution is -2.51. The van der Waals surface area contributed by atoms with E-state index in [0.717, 1.165) is 51.6 Å². The molecule has 1 saturated carbocycles. The molecule has 1 aliphatic carbocycles. The Kier molecular flexibility index (Phi) is 6.24. The summed E-state index contributed by atoms with van der Waals surface area (Å²) in [5, 5.41) is 3.11. The summed E-state index contributed by atoms with van der Waals surface area (Å²) >= 11 is 0. The van der Waals surface area contributed by atoms with E-state index in [1.54, 1.807) is 0 Å². The van der Waals surface area contributed by atoms with Crippen LogP contribution < -0.4 is 5.32 Å². The van der Waals surface area contributed by atoms with Crippen LogP contribution in [-0.4, -0.2) is 49.7 Å². The summed E-state index contributed by atoms with van der Waals surface area (Å²) in [6, 6.07) is 0.402. The van der Waals surface area contributed by atoms with Crippen LogP contribution >= 0.6 is 0 Å². The molecule has 0 radical (unpaired) electrons. The van der Waals surface area contributed by atoms with Gasteiger partial charge in [-0.15, -0.1) is 0 Å². The van der Waals surface area contributed by atoms with Crippen LogP contribution in [0.2, 0.25) is 0 Å². The van der Waals surface area contributed by atoms with Crippen molar-refractivity contribution in [3.8, 4) is 0 Å². The van der Waals surface area contributed by atoms with Crippen LogP contribution in [0.5, 0.6) is 0 Å². The second-order valence-corrected chi connectivity index (χ2v) is 6.86. The number of morpholine rings is 1. The molecule has 2 atom stereocenters. The van der Waals surface area contributed by atoms with E-state index in [0.29, 0.717) is 12.0 Å². The van der Waals surface area contributed by atoms with Gasteiger partial charge in [0.1, 0.15) is 0 Å². The lowest BCUT2D eigenvalue weighted by molar-refractivity contribution is -0.117. The number of allylic oxidation sites excluding steroid dienone is 1. The first-order chi connectivity index (χ1) is 10.1. The van der Waals surface area contributed by atoms with Crippen LogP contribution in [0.3, 0.4) is 0 Å². The summed E-state index contributed by atoms with van der Waals surface area (Å²) in [5.41, 5.74) is 1.31. The van der Waals surface area contributed by atoms with E-state index in [1.165, 1.54) is 12.0 Å². The van der Waals surface area contributed by atoms with Crippen molar-refractivity contribution in [3.05, 3.63) is 11.6 Å². The number of carbonyl (C=O) groups excluding carboxylic acids is 1. The van der Waals surface area contributed by atoms with Crippen LogP contribution in [0.4, 0.5) is 0 Å². The van der Waals surface area contributed by atoms with Crippen molar-refractivity contribution in [3.63, 3.8) is 0 Å². The Morgan fingerprint density at radius 1 is 1.43 bits per heavy atom. The molecule has 2 fully saturated rings. The number of hydrogen-bond donors (Lipinski definition) is 1. The third kappa shape index (κ3) is 5.11. The van der Waals surface area contributed by atoms with E-state index < -0.39 is 0 Å². The predicted octanol–water partition coefficient (Wildman–Crippen LogP) is 2.21. The van der Waals surface area contributed by atoms with Gasteiger partial charge in [-0.2, -0.15) is 0 Å². The molecule has 1 saturated heterocycles. The zero-order chi connectivity index (χ0) is 15.2. The van der Waals surface area contributed by atoms with Crippen molar-refractivity contribution in [2.24, 2.45) is 11.8 Å². The molecule has 4 heteroatoms. The van der Waals surface area contributed by atoms with E-state index in [1.807, 2.05) is 6.08 Å². The molecule has 0 bridgehead atoms. The van der Waals surface area contributed by atoms with Crippen LogP contribution in [0.25, 0.3) is 0 Å². The molecule has 2 rings (SSSR count). The van der Waals surface area contributed by atoms with E-state index in [4.69, 9.17) is 4.74 Å². The maximum Gasteiger partial charge on any atom is 0.243 e. The summed E-state index contributed by atoms with van der Waals surface area (Å²) in [6.07, 6.45) is 5.23. The number of carbonyl (C=O) groups is 1. The Morgan fingerprint density at radius 3 is 2.71 bits per heavy atom. The van der Waals surface area contributed by atoms with Crippen molar-refractivity contribution >= 4 is 5.91 Å². The molecule has 2 aliphatic rings. The molecule has 4 nitrogen and oxygen atoms in total. The zero-order valence-corrected chi connectivity index (χ0v) is 13.7. The Labute approximate surface area is 128 Å². The molecule has 1 aliphatic heterocycles. The zero-order valence-electron chi connectivity index (χ0n) is 13.7. The van der Waals surface area contributed by atoms with Crippen molar-refractivity contribution in [1.29, 1.82) is 0 Å². The van der Waals surface area contributed by atoms with Crippen LogP contribution in [0, 0.1) is 11.8 Å². The first-order valence-electron chi connectivity index (χ1n) is 8.35. The quantitative estimate of drug-likeness (QED) is 0.790. The normalized spacial score (nSPS) is 27.2. The monoisotopic (exact) mass is 294 g/mol. The molecule has 120 valence electrons. The van der Waals surface area contributed by atoms with Gasteiger partial charge in [0.25, 0.3) is 0 Å². The third-order valence-electron chi connectivity index (χ3n) is 4.67. The molecule has 0 aromatic rings. The van der Waals surface area contributed by atoms with E-state index in [2.05, 4.69) is 31.0 Å². The van der Waals surface area contributed by atoms with E-state index in [-0.39, 0.29) is 5.91 Å². The Morgan fingerprint density at radius 2 is 2.14 bits per heavy atom. The highest BCUT2D eigenvalue weighted by molar-refractivity contribution is 5.88. The molecule has 1 amide bonds. The molecule has 21 heavy (non-hydrogen) atoms. The summed E-state index contributed by atoms with van der Waals surface area (Å²) in [4.78, 5) is 14.5. The average Bonchev–Trinajstić information content (AvgIpc) is 2.85. The fourth-order valence-corrected chi connectivity index (χ4v) is 3.35. The molecule has 1 N–H and O–H groups in total. The van der Waals surface area contributed by atoms with Gasteiger partial charge in [0.2, 0.25) is 5.91 Å². The molecule has 1 heterocycles. The van der Waals surface area contributed by atoms with Gasteiger partial charge in [0, 0.05) is 31.8 Å². The lowest BCUT2D eigenvalue weighted by Gasteiger charge is -2.36. The predicted molar refractivity (Wildman–Crippen MR) is 85.1 cm³/mol. The van der Waals surface area contributed by atoms with Gasteiger partial charge >= 0.3 is 0 Å². The summed E-state index contributed by atoms with van der Waals surface area (Å²) in [6.45, 7) is 11.0. The molecule has 0 aromatic heterocycles. The van der Waals surface area contributed by atoms with Gasteiger partial charge < -0.3 is 10.1 Å². The van der Waals surface area contributed by atoms with Gasteiger partial charge in [0.15, 0.2) is 0 Å². The highest BCUT2D eigenvalue weighted by Crippen LogP contribution is 2.29. The molecule has 2 unspecified atom stereocenters. The smallest absolute Gasteiger partial charge is 0.243 e. The van der Waals surface area contributed by atoms with Crippen LogP contribution in [0.1, 0.15) is 40.0 Å². The first kappa shape index (κ1) is 16.5. The maximum absolute atomic E-state index is 12.1. The van der Waals surface area contributed by atoms with Crippen LogP contribution in [0.15, 0.2) is 11.6 Å². The fourth-order valence-electron chi connectivity index (χ4n) is 3.35. The lowest BCUT2D eigenvalue weighted by atomic mass is 10.0. The topological polar surface area (TPSA) is 41.6 Å². The fraction of sp³-hybridized carbons (Fsp3) is 0.824. The largest absolute Gasteiger partial charge is 0.379 e. The van der Waals surface area contributed by atoms with Gasteiger partial charge in [-0.3, -0.25) is 9.69 Å². The maximum atomic E-state index is 12.1. The standard InChI is InChI=1S/C17H30N2O2/c1-13(2)16(19-6-8-21-9-7-19)12-18-17(20)11-15-5-4-14(3)10-15/h11,13-14,16H,4-10,12H2,1-3H3,(H,18,20). The van der Waals surface area contributed by atoms with Crippen molar-refractivity contribution < 1.29 is 9.53 Å². The number of nitrogens with zero attached hydrogens (tertiary/aromatic N) is 1. The van der Waals surface area contributed by atoms with Gasteiger partial charge in [-0.25, -0.2) is 0 Å². The number of ether oxygens (including phenoxy) is 1. The minimum Gasteiger partial charge on any atom is -0.379 e. The molecule has 0 spiro atoms. The van der Waals surface area contributed by atoms with E-state index in [9.17, 15) is 4.79 Å². The number of amides is 1. The Bertz CT molecular complexity index is 373. The summed E-state index contributed by atoms with van der Waals surface area (Å²) < 4.78 is 5.42.